The summed E-state index contributed by atoms with van der Waals surface area (Å²) in [5.41, 5.74) is 12.2. The molecule has 0 fully saturated rings. The lowest BCUT2D eigenvalue weighted by molar-refractivity contribution is 0.462. The Morgan fingerprint density at radius 3 is 2.29 bits per heavy atom. The van der Waals surface area contributed by atoms with Crippen molar-refractivity contribution >= 4 is 38.8 Å². The molecule has 2 atom stereocenters. The summed E-state index contributed by atoms with van der Waals surface area (Å²) in [5.74, 6) is 0.120. The standard InChI is InChI=1S/C46H33N5/c47-27-30-17-23-35(32-19-21-34(22-20-32)50-41-14-6-4-11-37(41)40-26-31(28-48)18-24-44(40)50)39(25-30)36-10-2-1-3-13-42(36)51-43-15-7-5-12-38(43)46-33(29-49)9-8-16-45(46)51/h3-6,8-9,11-14,16-26,36,42H,1-2,7,10,15H2. The molecule has 242 valence electrons. The summed E-state index contributed by atoms with van der Waals surface area (Å²) in [5, 5.41) is 33.0. The number of allylic oxidation sites excluding steroid dienone is 3. The number of hydrogen-bond acceptors (Lipinski definition) is 3. The van der Waals surface area contributed by atoms with E-state index >= 15 is 0 Å². The molecule has 2 aliphatic rings. The zero-order chi connectivity index (χ0) is 34.5. The fourth-order valence-electron chi connectivity index (χ4n) is 8.65. The third-order valence-electron chi connectivity index (χ3n) is 10.9. The van der Waals surface area contributed by atoms with E-state index in [0.29, 0.717) is 16.7 Å². The number of fused-ring (bicyclic) bond motifs is 6. The lowest BCUT2D eigenvalue weighted by Crippen LogP contribution is -2.19. The van der Waals surface area contributed by atoms with Crippen molar-refractivity contribution in [1.82, 2.24) is 9.13 Å². The van der Waals surface area contributed by atoms with Crippen LogP contribution < -0.4 is 0 Å². The highest BCUT2D eigenvalue weighted by atomic mass is 15.0. The summed E-state index contributed by atoms with van der Waals surface area (Å²) >= 11 is 0. The topological polar surface area (TPSA) is 81.2 Å². The number of nitriles is 3. The zero-order valence-corrected chi connectivity index (χ0v) is 28.1. The third-order valence-corrected chi connectivity index (χ3v) is 10.9. The summed E-state index contributed by atoms with van der Waals surface area (Å²) in [6.07, 6.45) is 14.1. The van der Waals surface area contributed by atoms with E-state index in [1.54, 1.807) is 0 Å². The Labute approximate surface area is 296 Å². The average Bonchev–Trinajstić information content (AvgIpc) is 3.59. The van der Waals surface area contributed by atoms with Crippen LogP contribution in [-0.2, 0) is 6.42 Å². The van der Waals surface area contributed by atoms with E-state index in [1.165, 1.54) is 16.8 Å². The predicted octanol–water partition coefficient (Wildman–Crippen LogP) is 11.0. The lowest BCUT2D eigenvalue weighted by Gasteiger charge is -2.30. The van der Waals surface area contributed by atoms with Gasteiger partial charge in [0.15, 0.2) is 0 Å². The maximum Gasteiger partial charge on any atom is 0.0998 e. The second kappa shape index (κ2) is 12.4. The van der Waals surface area contributed by atoms with Gasteiger partial charge in [-0.3, -0.25) is 0 Å². The summed E-state index contributed by atoms with van der Waals surface area (Å²) < 4.78 is 4.78. The van der Waals surface area contributed by atoms with Gasteiger partial charge in [0.05, 0.1) is 57.5 Å². The minimum absolute atomic E-state index is 0.0297. The molecule has 2 aliphatic carbocycles. The van der Waals surface area contributed by atoms with Gasteiger partial charge in [0.1, 0.15) is 0 Å². The van der Waals surface area contributed by atoms with E-state index < -0.39 is 0 Å². The fraction of sp³-hybridized carbons (Fsp3) is 0.152. The van der Waals surface area contributed by atoms with E-state index in [4.69, 9.17) is 0 Å². The Morgan fingerprint density at radius 1 is 0.667 bits per heavy atom. The molecule has 9 rings (SSSR count). The molecule has 7 aromatic rings. The van der Waals surface area contributed by atoms with Gasteiger partial charge in [-0.1, -0.05) is 66.8 Å². The predicted molar refractivity (Wildman–Crippen MR) is 204 cm³/mol. The number of hydrogen-bond donors (Lipinski definition) is 0. The van der Waals surface area contributed by atoms with Gasteiger partial charge in [0, 0.05) is 39.0 Å². The van der Waals surface area contributed by atoms with Gasteiger partial charge in [-0.15, -0.1) is 0 Å². The van der Waals surface area contributed by atoms with Crippen LogP contribution in [0.1, 0.15) is 71.2 Å². The first-order valence-electron chi connectivity index (χ1n) is 17.7. The minimum Gasteiger partial charge on any atom is -0.336 e. The van der Waals surface area contributed by atoms with E-state index in [9.17, 15) is 15.8 Å². The van der Waals surface area contributed by atoms with Crippen LogP contribution in [0.4, 0.5) is 0 Å². The lowest BCUT2D eigenvalue weighted by atomic mass is 9.82. The Balaban J connectivity index is 1.19. The number of nitrogens with zero attached hydrogens (tertiary/aromatic N) is 5. The molecule has 0 radical (unpaired) electrons. The summed E-state index contributed by atoms with van der Waals surface area (Å²) in [6, 6.07) is 42.5. The molecule has 0 saturated carbocycles. The van der Waals surface area contributed by atoms with Gasteiger partial charge in [-0.25, -0.2) is 0 Å². The molecule has 0 N–H and O–H groups in total. The Kier molecular flexibility index (Phi) is 7.39. The van der Waals surface area contributed by atoms with Gasteiger partial charge in [0.25, 0.3) is 0 Å². The molecule has 0 saturated heterocycles. The van der Waals surface area contributed by atoms with Crippen LogP contribution in [0.15, 0.2) is 121 Å². The Morgan fingerprint density at radius 2 is 1.45 bits per heavy atom. The van der Waals surface area contributed by atoms with Crippen LogP contribution in [-0.4, -0.2) is 9.13 Å². The van der Waals surface area contributed by atoms with Crippen molar-refractivity contribution < 1.29 is 0 Å². The van der Waals surface area contributed by atoms with Gasteiger partial charge in [-0.2, -0.15) is 15.8 Å². The molecule has 2 heterocycles. The van der Waals surface area contributed by atoms with Gasteiger partial charge in [-0.05, 0) is 109 Å². The number of benzene rings is 5. The van der Waals surface area contributed by atoms with Crippen LogP contribution in [0.2, 0.25) is 0 Å². The van der Waals surface area contributed by atoms with Gasteiger partial charge in [0.2, 0.25) is 0 Å². The Bertz CT molecular complexity index is 2710. The highest BCUT2D eigenvalue weighted by Crippen LogP contribution is 2.46. The first kappa shape index (κ1) is 30.4. The van der Waals surface area contributed by atoms with Crippen molar-refractivity contribution in [2.75, 3.05) is 0 Å². The Hall–Kier alpha value is -6.61. The first-order chi connectivity index (χ1) is 25.2. The molecule has 2 unspecified atom stereocenters. The molecule has 0 spiro atoms. The summed E-state index contributed by atoms with van der Waals surface area (Å²) in [7, 11) is 0. The SMILES string of the molecule is N#Cc1ccc(-c2ccc(-n3c4ccccc4c4cc(C#N)ccc43)cc2)c(C2CCCC=CC2n2c3c(c4c(C#N)cccc42)C=CCC3)c1. The molecule has 5 aromatic carbocycles. The molecule has 0 bridgehead atoms. The maximum atomic E-state index is 10.1. The van der Waals surface area contributed by atoms with Crippen molar-refractivity contribution in [3.8, 4) is 35.0 Å². The van der Waals surface area contributed by atoms with E-state index in [-0.39, 0.29) is 12.0 Å². The van der Waals surface area contributed by atoms with Crippen molar-refractivity contribution in [3.63, 3.8) is 0 Å². The number of rotatable bonds is 4. The average molecular weight is 656 g/mol. The number of para-hydroxylation sites is 1. The molecule has 0 amide bonds. The quantitative estimate of drug-likeness (QED) is 0.177. The second-order valence-corrected chi connectivity index (χ2v) is 13.6. The molecule has 5 heteroatoms. The van der Waals surface area contributed by atoms with Crippen LogP contribution in [0.5, 0.6) is 0 Å². The zero-order valence-electron chi connectivity index (χ0n) is 28.1. The maximum absolute atomic E-state index is 10.1. The third kappa shape index (κ3) is 4.88. The van der Waals surface area contributed by atoms with Crippen LogP contribution in [0, 0.1) is 34.0 Å². The highest BCUT2D eigenvalue weighted by molar-refractivity contribution is 6.09. The monoisotopic (exact) mass is 655 g/mol. The van der Waals surface area contributed by atoms with Gasteiger partial charge >= 0.3 is 0 Å². The van der Waals surface area contributed by atoms with E-state index in [0.717, 1.165) is 81.6 Å². The first-order valence-corrected chi connectivity index (χ1v) is 17.7. The normalized spacial score (nSPS) is 16.8. The van der Waals surface area contributed by atoms with Crippen LogP contribution in [0.3, 0.4) is 0 Å². The van der Waals surface area contributed by atoms with Crippen LogP contribution >= 0.6 is 0 Å². The molecular weight excluding hydrogens is 623 g/mol. The highest BCUT2D eigenvalue weighted by Gasteiger charge is 2.31. The van der Waals surface area contributed by atoms with Gasteiger partial charge < -0.3 is 9.13 Å². The summed E-state index contributed by atoms with van der Waals surface area (Å²) in [6.45, 7) is 0. The van der Waals surface area contributed by atoms with Crippen molar-refractivity contribution in [3.05, 3.63) is 155 Å². The van der Waals surface area contributed by atoms with Crippen molar-refractivity contribution in [1.29, 1.82) is 15.8 Å². The van der Waals surface area contributed by atoms with Crippen molar-refractivity contribution in [2.24, 2.45) is 0 Å². The summed E-state index contributed by atoms with van der Waals surface area (Å²) in [4.78, 5) is 0. The smallest absolute Gasteiger partial charge is 0.0998 e. The molecule has 0 aliphatic heterocycles. The van der Waals surface area contributed by atoms with Crippen molar-refractivity contribution in [2.45, 2.75) is 44.1 Å². The number of aromatic nitrogens is 2. The van der Waals surface area contributed by atoms with E-state index in [1.807, 2.05) is 42.5 Å². The second-order valence-electron chi connectivity index (χ2n) is 13.6. The largest absolute Gasteiger partial charge is 0.336 e. The molecule has 2 aromatic heterocycles. The van der Waals surface area contributed by atoms with Crippen LogP contribution in [0.25, 0.3) is 55.6 Å². The minimum atomic E-state index is 0.0297. The fourth-order valence-corrected chi connectivity index (χ4v) is 8.65. The molecule has 51 heavy (non-hydrogen) atoms. The molecular formula is C46H33N5. The molecule has 5 nitrogen and oxygen atoms in total. The van der Waals surface area contributed by atoms with E-state index in [2.05, 4.69) is 112 Å².